The van der Waals surface area contributed by atoms with Crippen molar-refractivity contribution in [1.82, 2.24) is 14.8 Å². The van der Waals surface area contributed by atoms with Crippen molar-refractivity contribution in [2.24, 2.45) is 0 Å². The first-order valence-electron chi connectivity index (χ1n) is 10.7. The molecule has 3 aromatic carbocycles. The van der Waals surface area contributed by atoms with Crippen LogP contribution in [0, 0.1) is 12.3 Å². The highest BCUT2D eigenvalue weighted by Crippen LogP contribution is 2.31. The van der Waals surface area contributed by atoms with Crippen molar-refractivity contribution >= 4 is 11.8 Å². The Morgan fingerprint density at radius 2 is 1.42 bits per heavy atom. The van der Waals surface area contributed by atoms with Crippen molar-refractivity contribution < 1.29 is 35.9 Å². The van der Waals surface area contributed by atoms with E-state index in [0.29, 0.717) is 16.9 Å². The average molecular weight is 530 g/mol. The number of halogens is 6. The van der Waals surface area contributed by atoms with Gasteiger partial charge < -0.3 is 4.74 Å². The summed E-state index contributed by atoms with van der Waals surface area (Å²) in [5, 5.41) is 6.72. The SMILES string of the molecule is C#CC(OC(=O)Nc1ccc(-c2ncn(-c3ccc(C(F)(F)F)cc3)n2)cc1)c1ccc(C(F)(F)F)cc1. The Bertz CT molecular complexity index is 1450. The first-order chi connectivity index (χ1) is 17.9. The zero-order valence-corrected chi connectivity index (χ0v) is 19.1. The molecule has 6 nitrogen and oxygen atoms in total. The van der Waals surface area contributed by atoms with Crippen LogP contribution < -0.4 is 5.32 Å². The zero-order valence-electron chi connectivity index (χ0n) is 19.1. The summed E-state index contributed by atoms with van der Waals surface area (Å²) in [5.41, 5.74) is -0.184. The molecule has 1 N–H and O–H groups in total. The molecule has 1 heterocycles. The Morgan fingerprint density at radius 1 is 0.868 bits per heavy atom. The quantitative estimate of drug-likeness (QED) is 0.225. The Hall–Kier alpha value is -4.79. The fourth-order valence-electron chi connectivity index (χ4n) is 3.33. The molecule has 194 valence electrons. The number of anilines is 1. The van der Waals surface area contributed by atoms with Gasteiger partial charge in [-0.05, 0) is 60.7 Å². The molecule has 1 amide bonds. The van der Waals surface area contributed by atoms with Gasteiger partial charge in [0.05, 0.1) is 16.8 Å². The number of carbonyl (C=O) groups excluding carboxylic acids is 1. The summed E-state index contributed by atoms with van der Waals surface area (Å²) in [4.78, 5) is 16.4. The third-order valence-corrected chi connectivity index (χ3v) is 5.26. The molecule has 0 aliphatic heterocycles. The summed E-state index contributed by atoms with van der Waals surface area (Å²) in [6, 6.07) is 14.6. The minimum absolute atomic E-state index is 0.195. The third-order valence-electron chi connectivity index (χ3n) is 5.26. The molecule has 4 aromatic rings. The predicted molar refractivity (Wildman–Crippen MR) is 125 cm³/mol. The normalized spacial score (nSPS) is 12.4. The zero-order chi connectivity index (χ0) is 27.5. The van der Waals surface area contributed by atoms with E-state index in [2.05, 4.69) is 21.3 Å². The monoisotopic (exact) mass is 530 g/mol. The minimum atomic E-state index is -4.51. The lowest BCUT2D eigenvalue weighted by Crippen LogP contribution is -2.17. The van der Waals surface area contributed by atoms with E-state index >= 15 is 0 Å². The van der Waals surface area contributed by atoms with Gasteiger partial charge >= 0.3 is 18.4 Å². The molecule has 0 saturated heterocycles. The number of carbonyl (C=O) groups is 1. The molecule has 1 atom stereocenters. The highest BCUT2D eigenvalue weighted by atomic mass is 19.4. The minimum Gasteiger partial charge on any atom is -0.428 e. The van der Waals surface area contributed by atoms with Gasteiger partial charge in [0.15, 0.2) is 11.9 Å². The number of benzene rings is 3. The van der Waals surface area contributed by atoms with Crippen LogP contribution >= 0.6 is 0 Å². The van der Waals surface area contributed by atoms with E-state index in [1.807, 2.05) is 0 Å². The van der Waals surface area contributed by atoms with Crippen LogP contribution in [0.2, 0.25) is 0 Å². The van der Waals surface area contributed by atoms with Crippen LogP contribution in [-0.2, 0) is 17.1 Å². The highest BCUT2D eigenvalue weighted by Gasteiger charge is 2.31. The molecule has 0 saturated carbocycles. The van der Waals surface area contributed by atoms with Gasteiger partial charge in [0.25, 0.3) is 0 Å². The number of alkyl halides is 6. The highest BCUT2D eigenvalue weighted by molar-refractivity contribution is 5.85. The topological polar surface area (TPSA) is 69.0 Å². The molecule has 0 aliphatic rings. The Labute approximate surface area is 211 Å². The first-order valence-corrected chi connectivity index (χ1v) is 10.7. The van der Waals surface area contributed by atoms with Crippen LogP contribution in [0.1, 0.15) is 22.8 Å². The maximum Gasteiger partial charge on any atom is 0.416 e. The van der Waals surface area contributed by atoms with Gasteiger partial charge in [-0.15, -0.1) is 11.5 Å². The summed E-state index contributed by atoms with van der Waals surface area (Å²) in [7, 11) is 0. The number of nitrogens with one attached hydrogen (secondary N) is 1. The van der Waals surface area contributed by atoms with Crippen molar-refractivity contribution in [2.45, 2.75) is 18.5 Å². The molecule has 0 spiro atoms. The molecule has 1 unspecified atom stereocenters. The lowest BCUT2D eigenvalue weighted by molar-refractivity contribution is -0.138. The van der Waals surface area contributed by atoms with Gasteiger partial charge in [0.2, 0.25) is 0 Å². The van der Waals surface area contributed by atoms with Gasteiger partial charge in [-0.25, -0.2) is 14.5 Å². The third kappa shape index (κ3) is 6.12. The van der Waals surface area contributed by atoms with E-state index in [1.54, 1.807) is 12.1 Å². The molecular weight excluding hydrogens is 514 g/mol. The molecular formula is C26H16F6N4O2. The first kappa shape index (κ1) is 26.3. The summed E-state index contributed by atoms with van der Waals surface area (Å²) < 4.78 is 83.0. The fourth-order valence-corrected chi connectivity index (χ4v) is 3.33. The van der Waals surface area contributed by atoms with Gasteiger partial charge in [0, 0.05) is 16.8 Å². The van der Waals surface area contributed by atoms with Crippen LogP contribution in [0.3, 0.4) is 0 Å². The van der Waals surface area contributed by atoms with E-state index in [1.165, 1.54) is 35.3 Å². The summed E-state index contributed by atoms with van der Waals surface area (Å²) in [6.45, 7) is 0. The van der Waals surface area contributed by atoms with Gasteiger partial charge in [-0.2, -0.15) is 26.3 Å². The number of nitrogens with zero attached hydrogens (tertiary/aromatic N) is 3. The fraction of sp³-hybridized carbons (Fsp3) is 0.115. The molecule has 4 rings (SSSR count). The van der Waals surface area contributed by atoms with E-state index in [9.17, 15) is 31.1 Å². The maximum absolute atomic E-state index is 12.8. The Morgan fingerprint density at radius 3 is 1.95 bits per heavy atom. The van der Waals surface area contributed by atoms with E-state index in [4.69, 9.17) is 11.2 Å². The lowest BCUT2D eigenvalue weighted by Gasteiger charge is -2.14. The van der Waals surface area contributed by atoms with Crippen molar-refractivity contribution in [3.05, 3.63) is 95.8 Å². The predicted octanol–water partition coefficient (Wildman–Crippen LogP) is 6.89. The molecule has 0 bridgehead atoms. The van der Waals surface area contributed by atoms with E-state index in [0.717, 1.165) is 36.4 Å². The largest absolute Gasteiger partial charge is 0.428 e. The summed E-state index contributed by atoms with van der Waals surface area (Å²) in [6.07, 6.45) is -4.36. The number of hydrogen-bond acceptors (Lipinski definition) is 4. The van der Waals surface area contributed by atoms with Crippen LogP contribution in [0.5, 0.6) is 0 Å². The van der Waals surface area contributed by atoms with E-state index in [-0.39, 0.29) is 11.4 Å². The van der Waals surface area contributed by atoms with Gasteiger partial charge in [-0.1, -0.05) is 18.1 Å². The molecule has 38 heavy (non-hydrogen) atoms. The second-order valence-electron chi connectivity index (χ2n) is 7.83. The van der Waals surface area contributed by atoms with Crippen LogP contribution in [0.15, 0.2) is 79.1 Å². The molecule has 0 radical (unpaired) electrons. The number of amides is 1. The van der Waals surface area contributed by atoms with E-state index < -0.39 is 35.7 Å². The van der Waals surface area contributed by atoms with Crippen LogP contribution in [0.25, 0.3) is 17.1 Å². The summed E-state index contributed by atoms with van der Waals surface area (Å²) >= 11 is 0. The van der Waals surface area contributed by atoms with Gasteiger partial charge in [0.1, 0.15) is 6.33 Å². The number of rotatable bonds is 5. The smallest absolute Gasteiger partial charge is 0.416 e. The molecule has 1 aromatic heterocycles. The summed E-state index contributed by atoms with van der Waals surface area (Å²) in [5.74, 6) is 2.50. The van der Waals surface area contributed by atoms with Crippen molar-refractivity contribution in [2.75, 3.05) is 5.32 Å². The molecule has 0 fully saturated rings. The second kappa shape index (κ2) is 10.3. The van der Waals surface area contributed by atoms with Gasteiger partial charge in [-0.3, -0.25) is 5.32 Å². The number of hydrogen-bond donors (Lipinski definition) is 1. The Balaban J connectivity index is 1.39. The molecule has 0 aliphatic carbocycles. The number of aromatic nitrogens is 3. The van der Waals surface area contributed by atoms with Crippen LogP contribution in [0.4, 0.5) is 36.8 Å². The standard InChI is InChI=1S/C26H16F6N4O2/c1-2-22(16-3-7-18(8-4-16)25(27,28)29)38-24(37)34-20-11-5-17(6-12-20)23-33-15-36(35-23)21-13-9-19(10-14-21)26(30,31)32/h1,3-15,22H,(H,34,37). The average Bonchev–Trinajstić information content (AvgIpc) is 3.37. The molecule has 12 heteroatoms. The van der Waals surface area contributed by atoms with Crippen molar-refractivity contribution in [3.63, 3.8) is 0 Å². The van der Waals surface area contributed by atoms with Crippen molar-refractivity contribution in [3.8, 4) is 29.4 Å². The van der Waals surface area contributed by atoms with Crippen LogP contribution in [-0.4, -0.2) is 20.9 Å². The second-order valence-corrected chi connectivity index (χ2v) is 7.83. The lowest BCUT2D eigenvalue weighted by atomic mass is 10.1. The maximum atomic E-state index is 12.8. The number of ether oxygens (including phenoxy) is 1. The van der Waals surface area contributed by atoms with Crippen molar-refractivity contribution in [1.29, 1.82) is 0 Å². The Kier molecular flexibility index (Phi) is 7.12. The number of terminal acetylenes is 1.